The predicted molar refractivity (Wildman–Crippen MR) is 54.9 cm³/mol. The highest BCUT2D eigenvalue weighted by atomic mass is 32.1. The topological polar surface area (TPSA) is 85.5 Å². The van der Waals surface area contributed by atoms with Crippen molar-refractivity contribution in [3.63, 3.8) is 0 Å². The zero-order valence-electron chi connectivity index (χ0n) is 8.12. The number of rotatable bonds is 5. The molecule has 0 saturated heterocycles. The van der Waals surface area contributed by atoms with Crippen LogP contribution in [0.5, 0.6) is 0 Å². The first-order valence-electron chi connectivity index (χ1n) is 4.41. The van der Waals surface area contributed by atoms with Gasteiger partial charge in [-0.25, -0.2) is 4.79 Å². The minimum Gasteiger partial charge on any atom is -0.480 e. The summed E-state index contributed by atoms with van der Waals surface area (Å²) < 4.78 is 9.72. The van der Waals surface area contributed by atoms with Gasteiger partial charge in [-0.2, -0.15) is 4.98 Å². The molecule has 0 bridgehead atoms. The molecular formula is C9H8N2O4S. The lowest BCUT2D eigenvalue weighted by atomic mass is 10.4. The lowest BCUT2D eigenvalue weighted by molar-refractivity contribution is -0.142. The number of aliphatic carboxylic acids is 1. The minimum absolute atomic E-state index is 0.00464. The molecule has 2 aromatic rings. The molecule has 0 aliphatic carbocycles. The van der Waals surface area contributed by atoms with E-state index < -0.39 is 5.97 Å². The van der Waals surface area contributed by atoms with Crippen molar-refractivity contribution in [2.24, 2.45) is 0 Å². The summed E-state index contributed by atoms with van der Waals surface area (Å²) in [5, 5.41) is 14.0. The molecule has 0 aromatic carbocycles. The molecule has 0 unspecified atom stereocenters. The van der Waals surface area contributed by atoms with Crippen molar-refractivity contribution in [2.45, 2.75) is 6.61 Å². The van der Waals surface area contributed by atoms with Crippen LogP contribution in [-0.4, -0.2) is 27.8 Å². The molecule has 0 fully saturated rings. The lowest BCUT2D eigenvalue weighted by Crippen LogP contribution is -2.06. The maximum Gasteiger partial charge on any atom is 0.329 e. The summed E-state index contributed by atoms with van der Waals surface area (Å²) in [4.78, 5) is 15.2. The quantitative estimate of drug-likeness (QED) is 0.850. The Kier molecular flexibility index (Phi) is 3.28. The number of thiophene rings is 1. The largest absolute Gasteiger partial charge is 0.480 e. The first-order valence-corrected chi connectivity index (χ1v) is 5.29. The second kappa shape index (κ2) is 4.86. The molecule has 0 radical (unpaired) electrons. The van der Waals surface area contributed by atoms with Gasteiger partial charge in [-0.05, 0) is 11.4 Å². The van der Waals surface area contributed by atoms with E-state index in [0.29, 0.717) is 5.82 Å². The fraction of sp³-hybridized carbons (Fsp3) is 0.222. The second-order valence-corrected chi connectivity index (χ2v) is 3.82. The van der Waals surface area contributed by atoms with Crippen LogP contribution in [0.4, 0.5) is 0 Å². The molecule has 0 aliphatic heterocycles. The third-order valence-corrected chi connectivity index (χ3v) is 2.53. The molecule has 0 amide bonds. The summed E-state index contributed by atoms with van der Waals surface area (Å²) in [6, 6.07) is 3.76. The standard InChI is InChI=1S/C9H8N2O4S/c12-8(13)5-14-4-7-10-9(11-15-7)6-2-1-3-16-6/h1-3H,4-5H2,(H,12,13). The van der Waals surface area contributed by atoms with Crippen molar-refractivity contribution >= 4 is 17.3 Å². The minimum atomic E-state index is -1.03. The van der Waals surface area contributed by atoms with Crippen LogP contribution in [0.15, 0.2) is 22.0 Å². The molecule has 0 saturated carbocycles. The van der Waals surface area contributed by atoms with Crippen molar-refractivity contribution in [3.05, 3.63) is 23.4 Å². The van der Waals surface area contributed by atoms with E-state index in [1.165, 1.54) is 11.3 Å². The number of ether oxygens (including phenoxy) is 1. The summed E-state index contributed by atoms with van der Waals surface area (Å²) in [6.07, 6.45) is 0. The maximum atomic E-state index is 10.2. The maximum absolute atomic E-state index is 10.2. The van der Waals surface area contributed by atoms with Gasteiger partial charge in [0.25, 0.3) is 5.89 Å². The van der Waals surface area contributed by atoms with Crippen LogP contribution in [0.3, 0.4) is 0 Å². The van der Waals surface area contributed by atoms with E-state index in [1.807, 2.05) is 17.5 Å². The molecule has 2 heterocycles. The molecule has 84 valence electrons. The molecule has 2 rings (SSSR count). The van der Waals surface area contributed by atoms with Crippen molar-refractivity contribution in [1.82, 2.24) is 10.1 Å². The monoisotopic (exact) mass is 240 g/mol. The van der Waals surface area contributed by atoms with Gasteiger partial charge in [0.05, 0.1) is 4.88 Å². The van der Waals surface area contributed by atoms with E-state index in [4.69, 9.17) is 14.4 Å². The van der Waals surface area contributed by atoms with Crippen LogP contribution in [0.1, 0.15) is 5.89 Å². The number of nitrogens with zero attached hydrogens (tertiary/aromatic N) is 2. The van der Waals surface area contributed by atoms with E-state index in [2.05, 4.69) is 10.1 Å². The molecule has 0 aliphatic rings. The smallest absolute Gasteiger partial charge is 0.329 e. The average Bonchev–Trinajstić information content (AvgIpc) is 2.85. The van der Waals surface area contributed by atoms with Crippen LogP contribution < -0.4 is 0 Å². The van der Waals surface area contributed by atoms with Gasteiger partial charge in [-0.3, -0.25) is 0 Å². The van der Waals surface area contributed by atoms with Crippen LogP contribution in [0, 0.1) is 0 Å². The number of carboxylic acid groups (broad SMARTS) is 1. The van der Waals surface area contributed by atoms with E-state index in [9.17, 15) is 4.79 Å². The Balaban J connectivity index is 1.95. The third kappa shape index (κ3) is 2.65. The van der Waals surface area contributed by atoms with Crippen molar-refractivity contribution in [1.29, 1.82) is 0 Å². The number of hydrogen-bond donors (Lipinski definition) is 1. The van der Waals surface area contributed by atoms with Gasteiger partial charge in [0.15, 0.2) is 0 Å². The first-order chi connectivity index (χ1) is 7.75. The van der Waals surface area contributed by atoms with Crippen LogP contribution in [0.25, 0.3) is 10.7 Å². The fourth-order valence-corrected chi connectivity index (χ4v) is 1.69. The Morgan fingerprint density at radius 3 is 3.19 bits per heavy atom. The Morgan fingerprint density at radius 1 is 1.62 bits per heavy atom. The van der Waals surface area contributed by atoms with Crippen molar-refractivity contribution in [2.75, 3.05) is 6.61 Å². The van der Waals surface area contributed by atoms with Crippen molar-refractivity contribution in [3.8, 4) is 10.7 Å². The number of aromatic nitrogens is 2. The second-order valence-electron chi connectivity index (χ2n) is 2.88. The van der Waals surface area contributed by atoms with Gasteiger partial charge in [0.1, 0.15) is 13.2 Å². The molecule has 6 nitrogen and oxygen atoms in total. The predicted octanol–water partition coefficient (Wildman–Crippen LogP) is 1.40. The highest BCUT2D eigenvalue weighted by Gasteiger charge is 2.09. The first kappa shape index (κ1) is 10.8. The van der Waals surface area contributed by atoms with E-state index >= 15 is 0 Å². The summed E-state index contributed by atoms with van der Waals surface area (Å²) in [5.41, 5.74) is 0. The highest BCUT2D eigenvalue weighted by Crippen LogP contribution is 2.21. The molecule has 0 atom stereocenters. The van der Waals surface area contributed by atoms with Gasteiger partial charge in [-0.1, -0.05) is 11.2 Å². The lowest BCUT2D eigenvalue weighted by Gasteiger charge is -1.93. The van der Waals surface area contributed by atoms with Crippen LogP contribution in [0.2, 0.25) is 0 Å². The Morgan fingerprint density at radius 2 is 2.50 bits per heavy atom. The zero-order valence-corrected chi connectivity index (χ0v) is 8.94. The fourth-order valence-electron chi connectivity index (χ4n) is 1.05. The molecule has 7 heteroatoms. The van der Waals surface area contributed by atoms with Gasteiger partial charge in [0, 0.05) is 0 Å². The Labute approximate surface area is 94.5 Å². The average molecular weight is 240 g/mol. The SMILES string of the molecule is O=C(O)COCc1nc(-c2cccs2)no1. The Hall–Kier alpha value is -1.73. The van der Waals surface area contributed by atoms with Crippen molar-refractivity contribution < 1.29 is 19.2 Å². The Bertz CT molecular complexity index is 466. The van der Waals surface area contributed by atoms with E-state index in [-0.39, 0.29) is 19.1 Å². The number of carbonyl (C=O) groups is 1. The number of hydrogen-bond acceptors (Lipinski definition) is 6. The molecular weight excluding hydrogens is 232 g/mol. The molecule has 2 aromatic heterocycles. The van der Waals surface area contributed by atoms with E-state index in [1.54, 1.807) is 0 Å². The molecule has 1 N–H and O–H groups in total. The molecule has 0 spiro atoms. The summed E-state index contributed by atoms with van der Waals surface area (Å²) >= 11 is 1.50. The van der Waals surface area contributed by atoms with Crippen LogP contribution in [-0.2, 0) is 16.1 Å². The summed E-state index contributed by atoms with van der Waals surface area (Å²) in [5.74, 6) is -0.272. The van der Waals surface area contributed by atoms with Gasteiger partial charge >= 0.3 is 5.97 Å². The normalized spacial score (nSPS) is 10.5. The number of carboxylic acids is 1. The van der Waals surface area contributed by atoms with Gasteiger partial charge < -0.3 is 14.4 Å². The van der Waals surface area contributed by atoms with Gasteiger partial charge in [0.2, 0.25) is 5.82 Å². The van der Waals surface area contributed by atoms with Gasteiger partial charge in [-0.15, -0.1) is 11.3 Å². The van der Waals surface area contributed by atoms with Crippen LogP contribution >= 0.6 is 11.3 Å². The third-order valence-electron chi connectivity index (χ3n) is 1.66. The summed E-state index contributed by atoms with van der Waals surface area (Å²) in [6.45, 7) is -0.374. The summed E-state index contributed by atoms with van der Waals surface area (Å²) in [7, 11) is 0. The highest BCUT2D eigenvalue weighted by molar-refractivity contribution is 7.13. The molecule has 16 heavy (non-hydrogen) atoms. The zero-order chi connectivity index (χ0) is 11.4. The van der Waals surface area contributed by atoms with E-state index in [0.717, 1.165) is 4.88 Å².